The monoisotopic (exact) mass is 360 g/mol. The first-order chi connectivity index (χ1) is 10.8. The van der Waals surface area contributed by atoms with Crippen molar-refractivity contribution in [2.75, 3.05) is 13.2 Å². The number of benzene rings is 1. The summed E-state index contributed by atoms with van der Waals surface area (Å²) in [6.45, 7) is -0.455. The maximum absolute atomic E-state index is 12.1. The minimum Gasteiger partial charge on any atom is -0.468 e. The zero-order chi connectivity index (χ0) is 16.9. The topological polar surface area (TPSA) is 126 Å². The Morgan fingerprint density at radius 3 is 1.96 bits per heavy atom. The van der Waals surface area contributed by atoms with Crippen molar-refractivity contribution < 1.29 is 26.4 Å². The van der Waals surface area contributed by atoms with Crippen molar-refractivity contribution in [1.29, 1.82) is 0 Å². The zero-order valence-electron chi connectivity index (χ0n) is 12.0. The maximum atomic E-state index is 12.1. The van der Waals surface area contributed by atoms with E-state index in [-0.39, 0.29) is 29.5 Å². The van der Waals surface area contributed by atoms with Crippen LogP contribution in [0.5, 0.6) is 0 Å². The molecule has 0 radical (unpaired) electrons. The van der Waals surface area contributed by atoms with Gasteiger partial charge in [0.15, 0.2) is 0 Å². The molecule has 0 amide bonds. The van der Waals surface area contributed by atoms with E-state index in [4.69, 9.17) is 9.52 Å². The van der Waals surface area contributed by atoms with Crippen molar-refractivity contribution in [3.8, 4) is 0 Å². The van der Waals surface area contributed by atoms with Gasteiger partial charge in [0.2, 0.25) is 20.0 Å². The summed E-state index contributed by atoms with van der Waals surface area (Å²) in [4.78, 5) is -0.152. The summed E-state index contributed by atoms with van der Waals surface area (Å²) < 4.78 is 57.4. The Morgan fingerprint density at radius 1 is 0.913 bits per heavy atom. The summed E-state index contributed by atoms with van der Waals surface area (Å²) >= 11 is 0. The van der Waals surface area contributed by atoms with Crippen molar-refractivity contribution in [2.45, 2.75) is 16.3 Å². The minimum atomic E-state index is -3.78. The third-order valence-electron chi connectivity index (χ3n) is 2.86. The van der Waals surface area contributed by atoms with Crippen molar-refractivity contribution in [2.24, 2.45) is 0 Å². The van der Waals surface area contributed by atoms with E-state index in [1.54, 1.807) is 12.1 Å². The van der Waals surface area contributed by atoms with Gasteiger partial charge >= 0.3 is 0 Å². The smallest absolute Gasteiger partial charge is 0.240 e. The molecule has 2 rings (SSSR count). The predicted molar refractivity (Wildman–Crippen MR) is 81.4 cm³/mol. The van der Waals surface area contributed by atoms with Crippen molar-refractivity contribution in [1.82, 2.24) is 9.44 Å². The van der Waals surface area contributed by atoms with E-state index in [1.165, 1.54) is 30.5 Å². The summed E-state index contributed by atoms with van der Waals surface area (Å²) in [5.74, 6) is 0.459. The van der Waals surface area contributed by atoms with E-state index >= 15 is 0 Å². The molecule has 0 unspecified atom stereocenters. The van der Waals surface area contributed by atoms with Gasteiger partial charge in [-0.05, 0) is 36.4 Å². The third-order valence-corrected chi connectivity index (χ3v) is 5.76. The van der Waals surface area contributed by atoms with Gasteiger partial charge < -0.3 is 9.52 Å². The number of aliphatic hydroxyl groups excluding tert-OH is 1. The second-order valence-corrected chi connectivity index (χ2v) is 8.03. The number of hydrogen-bond acceptors (Lipinski definition) is 6. The lowest BCUT2D eigenvalue weighted by Crippen LogP contribution is -2.27. The third kappa shape index (κ3) is 4.62. The summed E-state index contributed by atoms with van der Waals surface area (Å²) in [5.41, 5.74) is 0. The van der Waals surface area contributed by atoms with E-state index in [1.807, 2.05) is 0 Å². The van der Waals surface area contributed by atoms with Crippen LogP contribution in [-0.4, -0.2) is 35.1 Å². The van der Waals surface area contributed by atoms with E-state index in [0.717, 1.165) is 0 Å². The molecule has 1 aromatic heterocycles. The van der Waals surface area contributed by atoms with E-state index in [2.05, 4.69) is 9.44 Å². The van der Waals surface area contributed by atoms with Crippen LogP contribution in [-0.2, 0) is 26.6 Å². The lowest BCUT2D eigenvalue weighted by atomic mass is 10.4. The summed E-state index contributed by atoms with van der Waals surface area (Å²) in [6, 6.07) is 8.02. The molecule has 2 aromatic rings. The second-order valence-electron chi connectivity index (χ2n) is 4.50. The largest absolute Gasteiger partial charge is 0.468 e. The predicted octanol–water partition coefficient (Wildman–Crippen LogP) is 0.0287. The summed E-state index contributed by atoms with van der Waals surface area (Å²) in [7, 11) is -7.55. The van der Waals surface area contributed by atoms with Gasteiger partial charge in [-0.2, -0.15) is 0 Å². The van der Waals surface area contributed by atoms with Gasteiger partial charge in [0.1, 0.15) is 5.76 Å². The number of sulfonamides is 2. The van der Waals surface area contributed by atoms with Gasteiger partial charge in [-0.1, -0.05) is 0 Å². The summed E-state index contributed by atoms with van der Waals surface area (Å²) in [5, 5.41) is 8.64. The fourth-order valence-electron chi connectivity index (χ4n) is 1.72. The molecule has 0 aliphatic rings. The molecule has 1 aromatic carbocycles. The molecule has 1 heterocycles. The van der Waals surface area contributed by atoms with Gasteiger partial charge in [-0.15, -0.1) is 0 Å². The standard InChI is InChI=1S/C13H16N2O6S2/c16-8-7-14-22(17,18)12-3-5-13(6-4-12)23(19,20)15-10-11-2-1-9-21-11/h1-6,9,14-16H,7-8,10H2. The van der Waals surface area contributed by atoms with Gasteiger partial charge in [-0.3, -0.25) is 0 Å². The molecule has 10 heteroatoms. The van der Waals surface area contributed by atoms with Crippen LogP contribution in [0.4, 0.5) is 0 Å². The average Bonchev–Trinajstić information content (AvgIpc) is 3.05. The molecule has 0 saturated carbocycles. The Kier molecular flexibility index (Phi) is 5.55. The van der Waals surface area contributed by atoms with Gasteiger partial charge in [0.05, 0.1) is 29.2 Å². The van der Waals surface area contributed by atoms with Crippen LogP contribution in [0.1, 0.15) is 5.76 Å². The number of aliphatic hydroxyl groups is 1. The molecule has 0 spiro atoms. The van der Waals surface area contributed by atoms with Crippen molar-refractivity contribution >= 4 is 20.0 Å². The molecule has 0 aliphatic carbocycles. The molecule has 0 saturated heterocycles. The van der Waals surface area contributed by atoms with Crippen LogP contribution in [0.25, 0.3) is 0 Å². The quantitative estimate of drug-likeness (QED) is 0.610. The molecule has 0 atom stereocenters. The Morgan fingerprint density at radius 2 is 1.48 bits per heavy atom. The molecule has 0 aliphatic heterocycles. The SMILES string of the molecule is O=S(=O)(NCCO)c1ccc(S(=O)(=O)NCc2ccco2)cc1. The van der Waals surface area contributed by atoms with Gasteiger partial charge in [0, 0.05) is 6.54 Å². The molecule has 23 heavy (non-hydrogen) atoms. The highest BCUT2D eigenvalue weighted by atomic mass is 32.2. The number of rotatable bonds is 8. The Bertz CT molecular complexity index is 827. The molecule has 3 N–H and O–H groups in total. The lowest BCUT2D eigenvalue weighted by Gasteiger charge is -2.08. The molecule has 0 bridgehead atoms. The highest BCUT2D eigenvalue weighted by Gasteiger charge is 2.17. The number of nitrogens with one attached hydrogen (secondary N) is 2. The van der Waals surface area contributed by atoms with Crippen molar-refractivity contribution in [3.05, 3.63) is 48.4 Å². The van der Waals surface area contributed by atoms with Gasteiger partial charge in [0.25, 0.3) is 0 Å². The fraction of sp³-hybridized carbons (Fsp3) is 0.231. The van der Waals surface area contributed by atoms with Crippen LogP contribution in [0, 0.1) is 0 Å². The Balaban J connectivity index is 2.12. The normalized spacial score (nSPS) is 12.4. The summed E-state index contributed by atoms with van der Waals surface area (Å²) in [6.07, 6.45) is 1.43. The van der Waals surface area contributed by atoms with Crippen LogP contribution in [0.3, 0.4) is 0 Å². The van der Waals surface area contributed by atoms with Crippen LogP contribution < -0.4 is 9.44 Å². The van der Waals surface area contributed by atoms with E-state index in [9.17, 15) is 16.8 Å². The minimum absolute atomic E-state index is 0.00651. The van der Waals surface area contributed by atoms with Crippen molar-refractivity contribution in [3.63, 3.8) is 0 Å². The highest BCUT2D eigenvalue weighted by Crippen LogP contribution is 2.14. The Labute approximate surface area is 134 Å². The number of furan rings is 1. The molecule has 126 valence electrons. The molecule has 8 nitrogen and oxygen atoms in total. The van der Waals surface area contributed by atoms with Crippen LogP contribution in [0.15, 0.2) is 56.9 Å². The first kappa shape index (κ1) is 17.6. The average molecular weight is 360 g/mol. The van der Waals surface area contributed by atoms with Crippen LogP contribution in [0.2, 0.25) is 0 Å². The zero-order valence-corrected chi connectivity index (χ0v) is 13.6. The van der Waals surface area contributed by atoms with E-state index < -0.39 is 20.0 Å². The van der Waals surface area contributed by atoms with Crippen LogP contribution >= 0.6 is 0 Å². The molecule has 0 fully saturated rings. The highest BCUT2D eigenvalue weighted by molar-refractivity contribution is 7.90. The first-order valence-electron chi connectivity index (χ1n) is 6.58. The van der Waals surface area contributed by atoms with E-state index in [0.29, 0.717) is 5.76 Å². The fourth-order valence-corrected chi connectivity index (χ4v) is 3.74. The molecular formula is C13H16N2O6S2. The molecular weight excluding hydrogens is 344 g/mol. The maximum Gasteiger partial charge on any atom is 0.240 e. The lowest BCUT2D eigenvalue weighted by molar-refractivity contribution is 0.301. The number of hydrogen-bond donors (Lipinski definition) is 3. The first-order valence-corrected chi connectivity index (χ1v) is 9.54. The second kappa shape index (κ2) is 7.23. The van der Waals surface area contributed by atoms with Gasteiger partial charge in [-0.25, -0.2) is 26.3 Å². The Hall–Kier alpha value is -1.72.